The predicted molar refractivity (Wildman–Crippen MR) is 122 cm³/mol. The van der Waals surface area contributed by atoms with Crippen LogP contribution in [0.1, 0.15) is 32.6 Å². The van der Waals surface area contributed by atoms with Crippen LogP contribution in [-0.2, 0) is 29.5 Å². The Labute approximate surface area is 189 Å². The molecule has 1 amide bonds. The number of rotatable bonds is 6. The Morgan fingerprint density at radius 1 is 1.23 bits per heavy atom. The molecule has 0 atom stereocenters. The van der Waals surface area contributed by atoms with Crippen LogP contribution in [0.4, 0.5) is 0 Å². The second-order valence-electron chi connectivity index (χ2n) is 7.01. The van der Waals surface area contributed by atoms with E-state index in [1.165, 1.54) is 26.6 Å². The summed E-state index contributed by atoms with van der Waals surface area (Å²) < 4.78 is 28.6. The Hall–Kier alpha value is -1.71. The molecule has 0 N–H and O–H groups in total. The van der Waals surface area contributed by atoms with Crippen LogP contribution in [0.25, 0.3) is 0 Å². The fraction of sp³-hybridized carbons (Fsp3) is 0.286. The topological polar surface area (TPSA) is 57.7 Å². The summed E-state index contributed by atoms with van der Waals surface area (Å²) in [4.78, 5) is 17.1. The lowest BCUT2D eigenvalue weighted by Crippen LogP contribution is -2.35. The highest BCUT2D eigenvalue weighted by molar-refractivity contribution is 7.89. The molecule has 0 radical (unpaired) electrons. The number of hydrogen-bond acceptors (Lipinski definition) is 5. The third-order valence-electron chi connectivity index (χ3n) is 5.14. The van der Waals surface area contributed by atoms with Crippen LogP contribution >= 0.6 is 34.3 Å². The lowest BCUT2D eigenvalue weighted by atomic mass is 10.1. The molecule has 0 saturated carbocycles. The van der Waals surface area contributed by atoms with Crippen molar-refractivity contribution >= 4 is 50.2 Å². The van der Waals surface area contributed by atoms with Gasteiger partial charge in [-0.15, -0.1) is 22.7 Å². The molecular formula is C21H21ClN2O3S3. The van der Waals surface area contributed by atoms with E-state index in [9.17, 15) is 13.2 Å². The first kappa shape index (κ1) is 21.5. The van der Waals surface area contributed by atoms with Gasteiger partial charge in [-0.05, 0) is 60.7 Å². The number of carbonyl (C=O) groups is 1. The molecule has 1 aliphatic rings. The van der Waals surface area contributed by atoms with E-state index in [2.05, 4.69) is 0 Å². The van der Waals surface area contributed by atoms with Crippen LogP contribution in [0.2, 0.25) is 4.34 Å². The predicted octanol–water partition coefficient (Wildman–Crippen LogP) is 4.87. The lowest BCUT2D eigenvalue weighted by Gasteiger charge is -2.26. The SMILES string of the molecule is CCN(Cc1ccc(Cl)s1)C(=O)c1cccc(S(=O)(=O)N2CCc3sccc3C2)c1. The molecule has 0 saturated heterocycles. The van der Waals surface area contributed by atoms with Gasteiger partial charge in [0.25, 0.3) is 5.91 Å². The van der Waals surface area contributed by atoms with Crippen molar-refractivity contribution < 1.29 is 13.2 Å². The minimum absolute atomic E-state index is 0.155. The average molecular weight is 481 g/mol. The summed E-state index contributed by atoms with van der Waals surface area (Å²) >= 11 is 9.10. The van der Waals surface area contributed by atoms with Crippen LogP contribution < -0.4 is 0 Å². The van der Waals surface area contributed by atoms with Crippen LogP contribution in [0.3, 0.4) is 0 Å². The Bertz CT molecular complexity index is 1170. The monoisotopic (exact) mass is 480 g/mol. The fourth-order valence-electron chi connectivity index (χ4n) is 3.50. The molecule has 158 valence electrons. The van der Waals surface area contributed by atoms with Crippen LogP contribution in [-0.4, -0.2) is 36.6 Å². The van der Waals surface area contributed by atoms with Crippen molar-refractivity contribution in [3.63, 3.8) is 0 Å². The number of hydrogen-bond donors (Lipinski definition) is 0. The molecule has 3 heterocycles. The molecule has 30 heavy (non-hydrogen) atoms. The van der Waals surface area contributed by atoms with Gasteiger partial charge < -0.3 is 4.90 Å². The van der Waals surface area contributed by atoms with Crippen molar-refractivity contribution in [2.45, 2.75) is 31.3 Å². The van der Waals surface area contributed by atoms with Crippen LogP contribution in [0.5, 0.6) is 0 Å². The fourth-order valence-corrected chi connectivity index (χ4v) is 6.96. The molecule has 0 unspecified atom stereocenters. The normalized spacial score (nSPS) is 14.5. The van der Waals surface area contributed by atoms with Crippen molar-refractivity contribution in [3.8, 4) is 0 Å². The summed E-state index contributed by atoms with van der Waals surface area (Å²) in [5.74, 6) is -0.196. The van der Waals surface area contributed by atoms with E-state index < -0.39 is 10.0 Å². The van der Waals surface area contributed by atoms with E-state index in [-0.39, 0.29) is 10.8 Å². The largest absolute Gasteiger partial charge is 0.334 e. The van der Waals surface area contributed by atoms with E-state index in [4.69, 9.17) is 11.6 Å². The minimum atomic E-state index is -3.67. The van der Waals surface area contributed by atoms with Crippen LogP contribution in [0.15, 0.2) is 52.7 Å². The summed E-state index contributed by atoms with van der Waals surface area (Å²) in [6.07, 6.45) is 0.720. The molecule has 1 aromatic carbocycles. The molecule has 0 fully saturated rings. The molecule has 5 nitrogen and oxygen atoms in total. The highest BCUT2D eigenvalue weighted by Crippen LogP contribution is 2.29. The quantitative estimate of drug-likeness (QED) is 0.505. The summed E-state index contributed by atoms with van der Waals surface area (Å²) in [5, 5.41) is 2.00. The molecule has 0 spiro atoms. The zero-order chi connectivity index (χ0) is 21.3. The standard InChI is InChI=1S/C21H21ClN2O3S3/c1-2-23(14-17-6-7-20(22)29-17)21(25)15-4-3-5-18(12-15)30(26,27)24-10-8-19-16(13-24)9-11-28-19/h3-7,9,11-12H,2,8,10,13-14H2,1H3. The van der Waals surface area contributed by atoms with E-state index in [0.717, 1.165) is 16.9 Å². The highest BCUT2D eigenvalue weighted by Gasteiger charge is 2.29. The van der Waals surface area contributed by atoms with E-state index in [1.807, 2.05) is 30.5 Å². The third kappa shape index (κ3) is 4.33. The van der Waals surface area contributed by atoms with Gasteiger partial charge in [0, 0.05) is 35.0 Å². The van der Waals surface area contributed by atoms with Gasteiger partial charge in [0.05, 0.1) is 15.8 Å². The molecule has 0 bridgehead atoms. The number of nitrogens with zero attached hydrogens (tertiary/aromatic N) is 2. The number of carbonyl (C=O) groups excluding carboxylic acids is 1. The highest BCUT2D eigenvalue weighted by atomic mass is 35.5. The van der Waals surface area contributed by atoms with E-state index in [1.54, 1.807) is 34.4 Å². The molecule has 0 aliphatic carbocycles. The Morgan fingerprint density at radius 2 is 2.07 bits per heavy atom. The van der Waals surface area contributed by atoms with Crippen molar-refractivity contribution in [3.05, 3.63) is 73.1 Å². The molecule has 4 rings (SSSR count). The minimum Gasteiger partial charge on any atom is -0.334 e. The number of sulfonamides is 1. The number of amides is 1. The number of halogens is 1. The zero-order valence-electron chi connectivity index (χ0n) is 16.4. The Balaban J connectivity index is 1.56. The first-order valence-corrected chi connectivity index (χ1v) is 13.1. The summed E-state index contributed by atoms with van der Waals surface area (Å²) in [6.45, 7) is 3.68. The van der Waals surface area contributed by atoms with E-state index >= 15 is 0 Å². The Morgan fingerprint density at radius 3 is 2.80 bits per heavy atom. The second-order valence-corrected chi connectivity index (χ2v) is 11.7. The van der Waals surface area contributed by atoms with Crippen molar-refractivity contribution in [2.24, 2.45) is 0 Å². The molecule has 3 aromatic rings. The van der Waals surface area contributed by atoms with Gasteiger partial charge in [-0.25, -0.2) is 8.42 Å². The van der Waals surface area contributed by atoms with E-state index in [0.29, 0.717) is 36.1 Å². The second kappa shape index (κ2) is 8.80. The van der Waals surface area contributed by atoms with Gasteiger partial charge in [-0.1, -0.05) is 17.7 Å². The van der Waals surface area contributed by atoms with Gasteiger partial charge in [-0.3, -0.25) is 4.79 Å². The molecule has 9 heteroatoms. The maximum absolute atomic E-state index is 13.2. The first-order valence-electron chi connectivity index (χ1n) is 9.57. The lowest BCUT2D eigenvalue weighted by molar-refractivity contribution is 0.0754. The van der Waals surface area contributed by atoms with Crippen molar-refractivity contribution in [1.29, 1.82) is 0 Å². The number of fused-ring (bicyclic) bond motifs is 1. The third-order valence-corrected chi connectivity index (χ3v) is 9.22. The van der Waals surface area contributed by atoms with Crippen molar-refractivity contribution in [2.75, 3.05) is 13.1 Å². The number of benzene rings is 1. The van der Waals surface area contributed by atoms with Crippen molar-refractivity contribution in [1.82, 2.24) is 9.21 Å². The van der Waals surface area contributed by atoms with Gasteiger partial charge in [0.1, 0.15) is 0 Å². The van der Waals surface area contributed by atoms with Gasteiger partial charge in [0.15, 0.2) is 0 Å². The number of thiophene rings is 2. The van der Waals surface area contributed by atoms with Gasteiger partial charge in [0.2, 0.25) is 10.0 Å². The smallest absolute Gasteiger partial charge is 0.254 e. The maximum Gasteiger partial charge on any atom is 0.254 e. The molecule has 2 aromatic heterocycles. The zero-order valence-corrected chi connectivity index (χ0v) is 19.6. The summed E-state index contributed by atoms with van der Waals surface area (Å²) in [5.41, 5.74) is 1.43. The summed E-state index contributed by atoms with van der Waals surface area (Å²) in [7, 11) is -3.67. The Kier molecular flexibility index (Phi) is 6.31. The molecular weight excluding hydrogens is 460 g/mol. The average Bonchev–Trinajstić information content (AvgIpc) is 3.39. The summed E-state index contributed by atoms with van der Waals surface area (Å²) in [6, 6.07) is 12.0. The van der Waals surface area contributed by atoms with Crippen LogP contribution in [0, 0.1) is 0 Å². The van der Waals surface area contributed by atoms with Gasteiger partial charge in [-0.2, -0.15) is 4.31 Å². The maximum atomic E-state index is 13.2. The van der Waals surface area contributed by atoms with Gasteiger partial charge >= 0.3 is 0 Å². The first-order chi connectivity index (χ1) is 14.4. The molecule has 1 aliphatic heterocycles.